The molecule has 0 radical (unpaired) electrons. The first kappa shape index (κ1) is 16.0. The van der Waals surface area contributed by atoms with Crippen molar-refractivity contribution < 1.29 is 13.2 Å². The van der Waals surface area contributed by atoms with E-state index in [-0.39, 0.29) is 17.9 Å². The quantitative estimate of drug-likeness (QED) is 0.415. The lowest BCUT2D eigenvalue weighted by atomic mass is 9.76. The van der Waals surface area contributed by atoms with Gasteiger partial charge in [0.15, 0.2) is 0 Å². The zero-order valence-electron chi connectivity index (χ0n) is 12.6. The van der Waals surface area contributed by atoms with Crippen LogP contribution in [0, 0.1) is 9.49 Å². The summed E-state index contributed by atoms with van der Waals surface area (Å²) in [6, 6.07) is 11.7. The van der Waals surface area contributed by atoms with Gasteiger partial charge in [0.05, 0.1) is 11.6 Å². The third kappa shape index (κ3) is 2.62. The number of alkyl halides is 3. The van der Waals surface area contributed by atoms with Crippen LogP contribution in [0.3, 0.4) is 0 Å². The summed E-state index contributed by atoms with van der Waals surface area (Å²) in [4.78, 5) is 0. The summed E-state index contributed by atoms with van der Waals surface area (Å²) in [6.45, 7) is 0. The highest BCUT2D eigenvalue weighted by Gasteiger charge is 2.42. The SMILES string of the molecule is FC(F)(F)c1ccccc1[C@@H]1Nc2ccc(I)cc2[C@H]2C=CC[C@@H]21. The van der Waals surface area contributed by atoms with Crippen molar-refractivity contribution in [2.24, 2.45) is 5.92 Å². The Morgan fingerprint density at radius 3 is 2.62 bits per heavy atom. The van der Waals surface area contributed by atoms with Gasteiger partial charge in [-0.25, -0.2) is 0 Å². The monoisotopic (exact) mass is 441 g/mol. The largest absolute Gasteiger partial charge is 0.416 e. The Morgan fingerprint density at radius 2 is 1.83 bits per heavy atom. The average Bonchev–Trinajstić information content (AvgIpc) is 3.03. The molecule has 1 aliphatic carbocycles. The van der Waals surface area contributed by atoms with Crippen LogP contribution in [0.1, 0.15) is 35.1 Å². The van der Waals surface area contributed by atoms with E-state index in [1.165, 1.54) is 17.7 Å². The highest BCUT2D eigenvalue weighted by Crippen LogP contribution is 2.51. The Bertz CT molecular complexity index is 812. The number of hydrogen-bond acceptors (Lipinski definition) is 1. The lowest BCUT2D eigenvalue weighted by Gasteiger charge is -2.38. The van der Waals surface area contributed by atoms with E-state index in [0.717, 1.165) is 15.7 Å². The number of nitrogens with one attached hydrogen (secondary N) is 1. The number of allylic oxidation sites excluding steroid dienone is 2. The van der Waals surface area contributed by atoms with Crippen molar-refractivity contribution in [3.8, 4) is 0 Å². The maximum Gasteiger partial charge on any atom is 0.416 e. The maximum absolute atomic E-state index is 13.5. The van der Waals surface area contributed by atoms with Crippen LogP contribution in [0.25, 0.3) is 0 Å². The molecule has 24 heavy (non-hydrogen) atoms. The molecule has 1 aliphatic heterocycles. The third-order valence-electron chi connectivity index (χ3n) is 4.93. The molecule has 2 aromatic carbocycles. The van der Waals surface area contributed by atoms with Crippen LogP contribution >= 0.6 is 22.6 Å². The highest BCUT2D eigenvalue weighted by atomic mass is 127. The molecule has 1 nitrogen and oxygen atoms in total. The van der Waals surface area contributed by atoms with E-state index >= 15 is 0 Å². The van der Waals surface area contributed by atoms with E-state index in [0.29, 0.717) is 5.56 Å². The molecule has 0 saturated carbocycles. The van der Waals surface area contributed by atoms with Gasteiger partial charge in [-0.2, -0.15) is 13.2 Å². The predicted octanol–water partition coefficient (Wildman–Crippen LogP) is 6.14. The van der Waals surface area contributed by atoms with Crippen LogP contribution in [0.4, 0.5) is 18.9 Å². The van der Waals surface area contributed by atoms with Crippen molar-refractivity contribution in [2.75, 3.05) is 5.32 Å². The summed E-state index contributed by atoms with van der Waals surface area (Å²) in [7, 11) is 0. The molecule has 0 amide bonds. The van der Waals surface area contributed by atoms with Gasteiger partial charge < -0.3 is 5.32 Å². The van der Waals surface area contributed by atoms with Crippen LogP contribution in [0.2, 0.25) is 0 Å². The average molecular weight is 441 g/mol. The minimum Gasteiger partial charge on any atom is -0.378 e. The molecule has 2 aliphatic rings. The lowest BCUT2D eigenvalue weighted by Crippen LogP contribution is -2.30. The summed E-state index contributed by atoms with van der Waals surface area (Å²) in [5.41, 5.74) is 1.92. The van der Waals surface area contributed by atoms with E-state index in [1.807, 2.05) is 12.1 Å². The molecule has 3 atom stereocenters. The van der Waals surface area contributed by atoms with Gasteiger partial charge in [-0.15, -0.1) is 0 Å². The van der Waals surface area contributed by atoms with Gasteiger partial charge in [-0.05, 0) is 70.3 Å². The van der Waals surface area contributed by atoms with Crippen molar-refractivity contribution >= 4 is 28.3 Å². The summed E-state index contributed by atoms with van der Waals surface area (Å²) < 4.78 is 41.5. The molecule has 0 saturated heterocycles. The summed E-state index contributed by atoms with van der Waals surface area (Å²) in [5, 5.41) is 3.38. The topological polar surface area (TPSA) is 12.0 Å². The molecular weight excluding hydrogens is 426 g/mol. The summed E-state index contributed by atoms with van der Waals surface area (Å²) in [6.07, 6.45) is 0.685. The first-order valence-electron chi connectivity index (χ1n) is 7.84. The van der Waals surface area contributed by atoms with Crippen LogP contribution in [-0.2, 0) is 6.18 Å². The van der Waals surface area contributed by atoms with Gasteiger partial charge >= 0.3 is 6.18 Å². The Labute approximate surface area is 152 Å². The molecule has 2 aromatic rings. The maximum atomic E-state index is 13.5. The second-order valence-electron chi connectivity index (χ2n) is 6.29. The molecule has 0 unspecified atom stereocenters. The minimum absolute atomic E-state index is 0.110. The molecule has 5 heteroatoms. The van der Waals surface area contributed by atoms with E-state index < -0.39 is 11.7 Å². The number of benzene rings is 2. The molecule has 0 aromatic heterocycles. The number of anilines is 1. The zero-order chi connectivity index (χ0) is 16.9. The van der Waals surface area contributed by atoms with E-state index in [2.05, 4.69) is 46.1 Å². The number of fused-ring (bicyclic) bond motifs is 3. The van der Waals surface area contributed by atoms with Gasteiger partial charge in [0.2, 0.25) is 0 Å². The Morgan fingerprint density at radius 1 is 1.04 bits per heavy atom. The minimum atomic E-state index is -4.34. The van der Waals surface area contributed by atoms with Gasteiger partial charge in [0.1, 0.15) is 0 Å². The van der Waals surface area contributed by atoms with Gasteiger partial charge in [-0.1, -0.05) is 30.4 Å². The van der Waals surface area contributed by atoms with Crippen molar-refractivity contribution in [1.82, 2.24) is 0 Å². The van der Waals surface area contributed by atoms with Crippen LogP contribution in [0.5, 0.6) is 0 Å². The molecule has 0 bridgehead atoms. The fraction of sp³-hybridized carbons (Fsp3) is 0.263. The van der Waals surface area contributed by atoms with E-state index in [9.17, 15) is 13.2 Å². The highest BCUT2D eigenvalue weighted by molar-refractivity contribution is 14.1. The van der Waals surface area contributed by atoms with Crippen LogP contribution < -0.4 is 5.32 Å². The van der Waals surface area contributed by atoms with Crippen LogP contribution in [0.15, 0.2) is 54.6 Å². The van der Waals surface area contributed by atoms with E-state index in [1.54, 1.807) is 12.1 Å². The Balaban J connectivity index is 1.83. The lowest BCUT2D eigenvalue weighted by molar-refractivity contribution is -0.138. The fourth-order valence-corrected chi connectivity index (χ4v) is 4.41. The Hall–Kier alpha value is -1.50. The van der Waals surface area contributed by atoms with Gasteiger partial charge in [-0.3, -0.25) is 0 Å². The second-order valence-corrected chi connectivity index (χ2v) is 7.54. The predicted molar refractivity (Wildman–Crippen MR) is 97.0 cm³/mol. The fourth-order valence-electron chi connectivity index (χ4n) is 3.90. The zero-order valence-corrected chi connectivity index (χ0v) is 14.8. The molecule has 0 spiro atoms. The second kappa shape index (κ2) is 5.79. The molecule has 4 rings (SSSR count). The normalized spacial score (nSPS) is 25.1. The Kier molecular flexibility index (Phi) is 3.86. The summed E-state index contributed by atoms with van der Waals surface area (Å²) in [5.74, 6) is 0.279. The third-order valence-corrected chi connectivity index (χ3v) is 5.60. The molecule has 1 heterocycles. The van der Waals surface area contributed by atoms with Gasteiger partial charge in [0.25, 0.3) is 0 Å². The van der Waals surface area contributed by atoms with Gasteiger partial charge in [0, 0.05) is 15.2 Å². The van der Waals surface area contributed by atoms with Crippen molar-refractivity contribution in [3.63, 3.8) is 0 Å². The number of halogens is 4. The number of rotatable bonds is 1. The van der Waals surface area contributed by atoms with Crippen molar-refractivity contribution in [1.29, 1.82) is 0 Å². The first-order valence-corrected chi connectivity index (χ1v) is 8.92. The first-order chi connectivity index (χ1) is 11.4. The standard InChI is InChI=1S/C19H15F3IN/c20-19(21,22)16-7-2-1-4-14(16)18-13-6-3-5-12(13)15-10-11(23)8-9-17(15)24-18/h1-5,7-10,12-13,18,24H,6H2/t12-,13-,18+/m0/s1. The molecular formula is C19H15F3IN. The van der Waals surface area contributed by atoms with E-state index in [4.69, 9.17) is 0 Å². The molecule has 0 fully saturated rings. The molecule has 124 valence electrons. The van der Waals surface area contributed by atoms with Crippen molar-refractivity contribution in [2.45, 2.75) is 24.6 Å². The molecule has 1 N–H and O–H groups in total. The summed E-state index contributed by atoms with van der Waals surface area (Å²) >= 11 is 2.27. The smallest absolute Gasteiger partial charge is 0.378 e. The van der Waals surface area contributed by atoms with Crippen LogP contribution in [-0.4, -0.2) is 0 Å². The number of hydrogen-bond donors (Lipinski definition) is 1. The van der Waals surface area contributed by atoms with Crippen molar-refractivity contribution in [3.05, 3.63) is 74.9 Å².